The van der Waals surface area contributed by atoms with Crippen molar-refractivity contribution >= 4 is 21.0 Å². The molecule has 1 aromatic carbocycles. The van der Waals surface area contributed by atoms with Crippen LogP contribution >= 0.6 is 0 Å². The second-order valence-electron chi connectivity index (χ2n) is 5.12. The minimum absolute atomic E-state index is 0.107. The van der Waals surface area contributed by atoms with Gasteiger partial charge in [-0.3, -0.25) is 0 Å². The molecular formula is C14H18FNO3S. The lowest BCUT2D eigenvalue weighted by Gasteiger charge is -2.13. The molecule has 0 saturated heterocycles. The summed E-state index contributed by atoms with van der Waals surface area (Å²) in [7, 11) is -3.60. The number of hydrogen-bond acceptors (Lipinski definition) is 3. The van der Waals surface area contributed by atoms with Crippen molar-refractivity contribution in [3.8, 4) is 5.88 Å². The summed E-state index contributed by atoms with van der Waals surface area (Å²) in [5, 5.41) is 0.631. The van der Waals surface area contributed by atoms with E-state index in [2.05, 4.69) is 0 Å². The lowest BCUT2D eigenvalue weighted by atomic mass is 10.2. The second kappa shape index (κ2) is 5.44. The Balaban J connectivity index is 2.56. The van der Waals surface area contributed by atoms with Crippen LogP contribution in [0.25, 0.3) is 10.9 Å². The molecule has 0 spiro atoms. The fraction of sp³-hybridized carbons (Fsp3) is 0.429. The van der Waals surface area contributed by atoms with Gasteiger partial charge in [0, 0.05) is 18.0 Å². The highest BCUT2D eigenvalue weighted by atomic mass is 32.2. The molecule has 0 unspecified atom stereocenters. The summed E-state index contributed by atoms with van der Waals surface area (Å²) in [5.41, 5.74) is 0.765. The summed E-state index contributed by atoms with van der Waals surface area (Å²) >= 11 is 0. The molecule has 0 N–H and O–H groups in total. The van der Waals surface area contributed by atoms with Crippen molar-refractivity contribution in [1.82, 2.24) is 4.57 Å². The third-order valence-corrected chi connectivity index (χ3v) is 4.07. The van der Waals surface area contributed by atoms with Crippen molar-refractivity contribution in [2.45, 2.75) is 27.3 Å². The van der Waals surface area contributed by atoms with Gasteiger partial charge in [-0.2, -0.15) is 8.42 Å². The quantitative estimate of drug-likeness (QED) is 0.797. The Labute approximate surface area is 118 Å². The molecule has 0 atom stereocenters. The molecule has 110 valence electrons. The van der Waals surface area contributed by atoms with Gasteiger partial charge in [0.25, 0.3) is 0 Å². The van der Waals surface area contributed by atoms with Gasteiger partial charge in [-0.05, 0) is 31.0 Å². The number of benzene rings is 1. The van der Waals surface area contributed by atoms with Gasteiger partial charge >= 0.3 is 10.1 Å². The monoisotopic (exact) mass is 299 g/mol. The fourth-order valence-corrected chi connectivity index (χ4v) is 2.54. The van der Waals surface area contributed by atoms with E-state index >= 15 is 0 Å². The van der Waals surface area contributed by atoms with Crippen molar-refractivity contribution in [1.29, 1.82) is 0 Å². The van der Waals surface area contributed by atoms with Gasteiger partial charge in [0.1, 0.15) is 5.82 Å². The van der Waals surface area contributed by atoms with Gasteiger partial charge in [0.2, 0.25) is 5.88 Å². The molecule has 0 radical (unpaired) electrons. The van der Waals surface area contributed by atoms with Crippen LogP contribution < -0.4 is 4.18 Å². The minimum Gasteiger partial charge on any atom is -0.363 e. The first-order valence-electron chi connectivity index (χ1n) is 6.53. The molecule has 1 heterocycles. The van der Waals surface area contributed by atoms with Crippen LogP contribution in [-0.4, -0.2) is 18.7 Å². The van der Waals surface area contributed by atoms with Gasteiger partial charge in [-0.1, -0.05) is 13.8 Å². The molecule has 0 amide bonds. The molecule has 4 nitrogen and oxygen atoms in total. The Kier molecular flexibility index (Phi) is 4.04. The van der Waals surface area contributed by atoms with Crippen LogP contribution in [0.15, 0.2) is 24.3 Å². The molecule has 0 fully saturated rings. The number of fused-ring (bicyclic) bond motifs is 1. The molecule has 1 aromatic heterocycles. The summed E-state index contributed by atoms with van der Waals surface area (Å²) in [6.45, 7) is 6.16. The van der Waals surface area contributed by atoms with Crippen molar-refractivity contribution in [3.05, 3.63) is 30.1 Å². The summed E-state index contributed by atoms with van der Waals surface area (Å²) in [5.74, 6) is 0.0810. The predicted molar refractivity (Wildman–Crippen MR) is 76.8 cm³/mol. The van der Waals surface area contributed by atoms with E-state index in [4.69, 9.17) is 4.18 Å². The first-order chi connectivity index (χ1) is 9.32. The first-order valence-corrected chi connectivity index (χ1v) is 8.11. The zero-order valence-corrected chi connectivity index (χ0v) is 12.6. The van der Waals surface area contributed by atoms with E-state index in [1.807, 2.05) is 13.8 Å². The number of nitrogens with zero attached hydrogens (tertiary/aromatic N) is 1. The van der Waals surface area contributed by atoms with Crippen LogP contribution in [0.5, 0.6) is 5.88 Å². The van der Waals surface area contributed by atoms with Crippen molar-refractivity contribution in [2.75, 3.05) is 5.75 Å². The molecule has 0 bridgehead atoms. The van der Waals surface area contributed by atoms with Crippen LogP contribution in [0.3, 0.4) is 0 Å². The third kappa shape index (κ3) is 3.12. The SMILES string of the molecule is CCS(=O)(=O)Oc1cc2cc(F)ccc2n1CC(C)C. The number of rotatable bonds is 5. The first kappa shape index (κ1) is 14.8. The van der Waals surface area contributed by atoms with E-state index in [1.165, 1.54) is 19.1 Å². The number of halogens is 1. The van der Waals surface area contributed by atoms with E-state index in [0.717, 1.165) is 5.52 Å². The van der Waals surface area contributed by atoms with Gasteiger partial charge in [-0.25, -0.2) is 4.39 Å². The Hall–Kier alpha value is -1.56. The highest BCUT2D eigenvalue weighted by molar-refractivity contribution is 7.87. The van der Waals surface area contributed by atoms with Crippen LogP contribution in [0.2, 0.25) is 0 Å². The molecule has 0 saturated carbocycles. The van der Waals surface area contributed by atoms with Gasteiger partial charge in [-0.15, -0.1) is 0 Å². The van der Waals surface area contributed by atoms with E-state index in [0.29, 0.717) is 17.8 Å². The highest BCUT2D eigenvalue weighted by Gasteiger charge is 2.17. The molecular weight excluding hydrogens is 281 g/mol. The van der Waals surface area contributed by atoms with Crippen LogP contribution in [-0.2, 0) is 16.7 Å². The maximum absolute atomic E-state index is 13.3. The Morgan fingerprint density at radius 2 is 2.00 bits per heavy atom. The predicted octanol–water partition coefficient (Wildman–Crippen LogP) is 3.16. The summed E-state index contributed by atoms with van der Waals surface area (Å²) in [6.07, 6.45) is 0. The zero-order chi connectivity index (χ0) is 14.9. The average Bonchev–Trinajstić information content (AvgIpc) is 2.65. The van der Waals surface area contributed by atoms with E-state index in [1.54, 1.807) is 16.7 Å². The standard InChI is InChI=1S/C14H18FNO3S/c1-4-20(17,18)19-14-8-11-7-12(15)5-6-13(11)16(14)9-10(2)3/h5-8,10H,4,9H2,1-3H3. The normalized spacial score (nSPS) is 12.2. The van der Waals surface area contributed by atoms with Crippen LogP contribution in [0, 0.1) is 11.7 Å². The summed E-state index contributed by atoms with van der Waals surface area (Å²) < 4.78 is 43.4. The van der Waals surface area contributed by atoms with Crippen LogP contribution in [0.1, 0.15) is 20.8 Å². The molecule has 0 aliphatic rings. The van der Waals surface area contributed by atoms with Gasteiger partial charge in [0.05, 0.1) is 11.3 Å². The topological polar surface area (TPSA) is 48.3 Å². The van der Waals surface area contributed by atoms with E-state index < -0.39 is 10.1 Å². The molecule has 6 heteroatoms. The maximum Gasteiger partial charge on any atom is 0.310 e. The maximum atomic E-state index is 13.3. The Morgan fingerprint density at radius 1 is 1.30 bits per heavy atom. The third-order valence-electron chi connectivity index (χ3n) is 2.94. The minimum atomic E-state index is -3.60. The number of hydrogen-bond donors (Lipinski definition) is 0. The average molecular weight is 299 g/mol. The molecule has 20 heavy (non-hydrogen) atoms. The zero-order valence-electron chi connectivity index (χ0n) is 11.8. The van der Waals surface area contributed by atoms with Crippen molar-refractivity contribution in [2.24, 2.45) is 5.92 Å². The van der Waals surface area contributed by atoms with E-state index in [-0.39, 0.29) is 17.5 Å². The summed E-state index contributed by atoms with van der Waals surface area (Å²) in [6, 6.07) is 5.93. The smallest absolute Gasteiger partial charge is 0.310 e. The summed E-state index contributed by atoms with van der Waals surface area (Å²) in [4.78, 5) is 0. The number of aromatic nitrogens is 1. The highest BCUT2D eigenvalue weighted by Crippen LogP contribution is 2.28. The molecule has 2 aromatic rings. The second-order valence-corrected chi connectivity index (χ2v) is 6.98. The lowest BCUT2D eigenvalue weighted by molar-refractivity contribution is 0.436. The Bertz CT molecular complexity index is 719. The fourth-order valence-electron chi connectivity index (χ4n) is 2.03. The lowest BCUT2D eigenvalue weighted by Crippen LogP contribution is -2.15. The van der Waals surface area contributed by atoms with Crippen molar-refractivity contribution < 1.29 is 17.0 Å². The van der Waals surface area contributed by atoms with Gasteiger partial charge in [0.15, 0.2) is 0 Å². The molecule has 2 rings (SSSR count). The largest absolute Gasteiger partial charge is 0.363 e. The van der Waals surface area contributed by atoms with E-state index in [9.17, 15) is 12.8 Å². The van der Waals surface area contributed by atoms with Crippen LogP contribution in [0.4, 0.5) is 4.39 Å². The van der Waals surface area contributed by atoms with Crippen molar-refractivity contribution in [3.63, 3.8) is 0 Å². The molecule has 0 aliphatic carbocycles. The van der Waals surface area contributed by atoms with Gasteiger partial charge < -0.3 is 8.75 Å². The molecule has 0 aliphatic heterocycles. The Morgan fingerprint density at radius 3 is 2.60 bits per heavy atom.